The van der Waals surface area contributed by atoms with E-state index in [1.807, 2.05) is 0 Å². The number of carbonyl (C=O) groups is 4. The molecule has 2 saturated carbocycles. The second kappa shape index (κ2) is 14.2. The van der Waals surface area contributed by atoms with Gasteiger partial charge in [-0.1, -0.05) is 24.3 Å². The van der Waals surface area contributed by atoms with Crippen LogP contribution in [0.15, 0.2) is 107 Å². The van der Waals surface area contributed by atoms with Crippen LogP contribution >= 0.6 is 23.5 Å². The molecular weight excluding hydrogens is 643 g/mol. The molecule has 47 heavy (non-hydrogen) atoms. The van der Waals surface area contributed by atoms with E-state index < -0.39 is 0 Å². The fraction of sp³-hybridized carbons (Fsp3) is 0.222. The first-order valence-corrected chi connectivity index (χ1v) is 16.9. The summed E-state index contributed by atoms with van der Waals surface area (Å²) in [5.74, 6) is -1.46. The Morgan fingerprint density at radius 2 is 1.00 bits per heavy atom. The molecule has 0 saturated heterocycles. The summed E-state index contributed by atoms with van der Waals surface area (Å²) in [5, 5.41) is 12.0. The smallest absolute Gasteiger partial charge is 0.261 e. The molecule has 2 heterocycles. The van der Waals surface area contributed by atoms with Crippen LogP contribution in [0.25, 0.3) is 0 Å². The molecule has 2 fully saturated rings. The van der Waals surface area contributed by atoms with Crippen LogP contribution in [-0.4, -0.2) is 56.3 Å². The lowest BCUT2D eigenvalue weighted by atomic mass is 9.90. The van der Waals surface area contributed by atoms with Crippen LogP contribution in [0.3, 0.4) is 0 Å². The van der Waals surface area contributed by atoms with E-state index in [0.717, 1.165) is 35.5 Å². The minimum Gasteiger partial charge on any atom is -0.392 e. The van der Waals surface area contributed by atoms with Gasteiger partial charge in [0.2, 0.25) is 0 Å². The van der Waals surface area contributed by atoms with Crippen LogP contribution in [0.5, 0.6) is 0 Å². The molecule has 2 aliphatic heterocycles. The van der Waals surface area contributed by atoms with E-state index in [-0.39, 0.29) is 52.7 Å². The minimum atomic E-state index is -0.300. The van der Waals surface area contributed by atoms with Gasteiger partial charge in [0.15, 0.2) is 0 Å². The Hall–Kier alpha value is -4.32. The summed E-state index contributed by atoms with van der Waals surface area (Å²) in [5.41, 5.74) is 1.93. The summed E-state index contributed by atoms with van der Waals surface area (Å²) in [6, 6.07) is 26.4. The molecule has 0 bridgehead atoms. The molecule has 240 valence electrons. The van der Waals surface area contributed by atoms with Crippen LogP contribution < -0.4 is 5.32 Å². The zero-order valence-corrected chi connectivity index (χ0v) is 26.6. The number of halogens is 2. The number of aliphatic hydroxyl groups excluding tert-OH is 1. The molecule has 8 rings (SSSR count). The number of nitrogens with one attached hydrogen (secondary N) is 1. The number of rotatable bonds is 5. The normalized spacial score (nSPS) is 22.1. The molecule has 0 radical (unpaired) electrons. The quantitative estimate of drug-likeness (QED) is 0.226. The third-order valence-corrected chi connectivity index (χ3v) is 11.1. The molecule has 4 aromatic carbocycles. The standard InChI is InChI=1S/C18H14FNO2S.C10H11FOS.C8H5NO2/c19-11-5-7-12(8-6-11)23-16-10-9-15(16)20-17(21)13-3-1-2-4-14(13)18(20)22;11-7-1-3-8(4-2-7)13-10-6-5-9(10)12;10-7-5-3-1-2-4-6(5)8(11)9-7/h1-8,15-16H,9-10H2;1-4,9-10,12H,5-6H2;1-4H,(H,9,10,11). The van der Waals surface area contributed by atoms with Gasteiger partial charge < -0.3 is 5.11 Å². The second-order valence-electron chi connectivity index (χ2n) is 11.4. The lowest BCUT2D eigenvalue weighted by Gasteiger charge is -2.41. The Bertz CT molecular complexity index is 1750. The van der Waals surface area contributed by atoms with E-state index in [1.54, 1.807) is 96.3 Å². The van der Waals surface area contributed by atoms with Gasteiger partial charge >= 0.3 is 0 Å². The predicted molar refractivity (Wildman–Crippen MR) is 176 cm³/mol. The number of carbonyl (C=O) groups excluding carboxylic acids is 4. The van der Waals surface area contributed by atoms with Crippen LogP contribution in [0.2, 0.25) is 0 Å². The maximum Gasteiger partial charge on any atom is 0.261 e. The van der Waals surface area contributed by atoms with E-state index in [9.17, 15) is 33.1 Å². The Kier molecular flexibility index (Phi) is 9.86. The molecule has 4 atom stereocenters. The van der Waals surface area contributed by atoms with Gasteiger partial charge in [0.25, 0.3) is 23.6 Å². The molecule has 4 unspecified atom stereocenters. The SMILES string of the molecule is O=C1NC(=O)c2ccccc21.O=C1c2ccccc2C(=O)N1C1CCC1Sc1ccc(F)cc1.OC1CCC1Sc1ccc(F)cc1. The lowest BCUT2D eigenvalue weighted by molar-refractivity contribution is 0.0516. The first-order chi connectivity index (χ1) is 22.7. The third-order valence-electron chi connectivity index (χ3n) is 8.35. The van der Waals surface area contributed by atoms with Crippen molar-refractivity contribution in [2.75, 3.05) is 0 Å². The maximum atomic E-state index is 13.0. The first kappa shape index (κ1) is 32.6. The van der Waals surface area contributed by atoms with Gasteiger partial charge in [-0.05, 0) is 98.5 Å². The van der Waals surface area contributed by atoms with Crippen molar-refractivity contribution in [1.29, 1.82) is 0 Å². The van der Waals surface area contributed by atoms with Crippen LogP contribution in [0.1, 0.15) is 67.1 Å². The van der Waals surface area contributed by atoms with Gasteiger partial charge in [0, 0.05) is 20.3 Å². The summed E-state index contributed by atoms with van der Waals surface area (Å²) < 4.78 is 25.5. The first-order valence-electron chi connectivity index (χ1n) is 15.1. The van der Waals surface area contributed by atoms with Crippen LogP contribution in [-0.2, 0) is 0 Å². The highest BCUT2D eigenvalue weighted by atomic mass is 32.2. The molecule has 2 aliphatic carbocycles. The van der Waals surface area contributed by atoms with Crippen molar-refractivity contribution >= 4 is 47.2 Å². The summed E-state index contributed by atoms with van der Waals surface area (Å²) in [7, 11) is 0. The van der Waals surface area contributed by atoms with Gasteiger partial charge in [0.05, 0.1) is 34.4 Å². The second-order valence-corrected chi connectivity index (χ2v) is 14.0. The monoisotopic (exact) mass is 672 g/mol. The fourth-order valence-corrected chi connectivity index (χ4v) is 7.98. The number of thioether (sulfide) groups is 2. The molecule has 0 aromatic heterocycles. The number of imide groups is 2. The van der Waals surface area contributed by atoms with Gasteiger partial charge in [-0.3, -0.25) is 29.4 Å². The summed E-state index contributed by atoms with van der Waals surface area (Å²) in [6.45, 7) is 0. The Labute approximate surface area is 278 Å². The number of benzene rings is 4. The fourth-order valence-electron chi connectivity index (χ4n) is 5.48. The van der Waals surface area contributed by atoms with Crippen molar-refractivity contribution in [1.82, 2.24) is 10.2 Å². The molecule has 4 aromatic rings. The number of fused-ring (bicyclic) bond motifs is 2. The van der Waals surface area contributed by atoms with Crippen molar-refractivity contribution < 1.29 is 33.1 Å². The van der Waals surface area contributed by atoms with Gasteiger partial charge in [-0.15, -0.1) is 23.5 Å². The highest BCUT2D eigenvalue weighted by Crippen LogP contribution is 2.42. The summed E-state index contributed by atoms with van der Waals surface area (Å²) >= 11 is 3.23. The highest BCUT2D eigenvalue weighted by molar-refractivity contribution is 8.00. The average molecular weight is 673 g/mol. The van der Waals surface area contributed by atoms with Gasteiger partial charge in [-0.2, -0.15) is 0 Å². The summed E-state index contributed by atoms with van der Waals surface area (Å²) in [4.78, 5) is 50.3. The average Bonchev–Trinajstić information content (AvgIpc) is 3.50. The van der Waals surface area contributed by atoms with Crippen molar-refractivity contribution in [3.63, 3.8) is 0 Å². The Morgan fingerprint density at radius 1 is 0.574 bits per heavy atom. The van der Waals surface area contributed by atoms with E-state index >= 15 is 0 Å². The summed E-state index contributed by atoms with van der Waals surface area (Å²) in [6.07, 6.45) is 3.56. The molecule has 0 spiro atoms. The molecule has 7 nitrogen and oxygen atoms in total. The van der Waals surface area contributed by atoms with Crippen molar-refractivity contribution in [3.05, 3.63) is 131 Å². The van der Waals surface area contributed by atoms with E-state index in [1.165, 1.54) is 29.2 Å². The lowest BCUT2D eigenvalue weighted by Crippen LogP contribution is -2.51. The van der Waals surface area contributed by atoms with Gasteiger partial charge in [-0.25, -0.2) is 8.78 Å². The van der Waals surface area contributed by atoms with Crippen LogP contribution in [0, 0.1) is 11.6 Å². The number of amides is 4. The number of aliphatic hydroxyl groups is 1. The Morgan fingerprint density at radius 3 is 1.38 bits per heavy atom. The number of nitrogens with zero attached hydrogens (tertiary/aromatic N) is 1. The topological polar surface area (TPSA) is 104 Å². The maximum absolute atomic E-state index is 13.0. The van der Waals surface area contributed by atoms with E-state index in [2.05, 4.69) is 5.32 Å². The Balaban J connectivity index is 0.000000136. The van der Waals surface area contributed by atoms with Gasteiger partial charge in [0.1, 0.15) is 11.6 Å². The number of hydrogen-bond acceptors (Lipinski definition) is 7. The molecular formula is C36H30F2N2O5S2. The van der Waals surface area contributed by atoms with E-state index in [0.29, 0.717) is 27.5 Å². The molecule has 2 N–H and O–H groups in total. The highest BCUT2D eigenvalue weighted by Gasteiger charge is 2.46. The molecule has 4 aliphatic rings. The molecule has 4 amide bonds. The molecule has 11 heteroatoms. The predicted octanol–water partition coefficient (Wildman–Crippen LogP) is 6.76. The van der Waals surface area contributed by atoms with Crippen molar-refractivity contribution in [2.45, 2.75) is 58.1 Å². The van der Waals surface area contributed by atoms with Crippen LogP contribution in [0.4, 0.5) is 8.78 Å². The van der Waals surface area contributed by atoms with Crippen molar-refractivity contribution in [3.8, 4) is 0 Å². The van der Waals surface area contributed by atoms with E-state index in [4.69, 9.17) is 0 Å². The zero-order valence-electron chi connectivity index (χ0n) is 25.0. The largest absolute Gasteiger partial charge is 0.392 e. The number of hydrogen-bond donors (Lipinski definition) is 2. The zero-order chi connectivity index (χ0) is 33.1. The van der Waals surface area contributed by atoms with Crippen molar-refractivity contribution in [2.24, 2.45) is 0 Å². The third kappa shape index (κ3) is 7.17. The minimum absolute atomic E-state index is 0.0857.